The number of pyridine rings is 1. The van der Waals surface area contributed by atoms with Gasteiger partial charge in [0.25, 0.3) is 0 Å². The Labute approximate surface area is 154 Å². The Kier molecular flexibility index (Phi) is 5.86. The van der Waals surface area contributed by atoms with E-state index in [1.54, 1.807) is 12.1 Å². The smallest absolute Gasteiger partial charge is 0.233 e. The van der Waals surface area contributed by atoms with E-state index in [2.05, 4.69) is 15.0 Å². The standard InChI is InChI=1S/C20H21N3O2S/c24-26(25,14-13-17-7-3-1-4-8-17)23-19-11-12-20(22-16-19)21-15-18-9-5-2-6-10-18/h1-12,16,23H,13-15H2,(H,21,22). The first-order valence-electron chi connectivity index (χ1n) is 8.39. The van der Waals surface area contributed by atoms with E-state index in [0.717, 1.165) is 11.1 Å². The zero-order valence-electron chi connectivity index (χ0n) is 14.3. The molecule has 3 aromatic rings. The van der Waals surface area contributed by atoms with E-state index in [-0.39, 0.29) is 5.75 Å². The highest BCUT2D eigenvalue weighted by atomic mass is 32.2. The van der Waals surface area contributed by atoms with Crippen molar-refractivity contribution in [1.29, 1.82) is 0 Å². The molecule has 0 fully saturated rings. The van der Waals surface area contributed by atoms with E-state index < -0.39 is 10.0 Å². The summed E-state index contributed by atoms with van der Waals surface area (Å²) in [6, 6.07) is 23.0. The van der Waals surface area contributed by atoms with Gasteiger partial charge in [-0.1, -0.05) is 60.7 Å². The Morgan fingerprint density at radius 1 is 0.808 bits per heavy atom. The molecule has 1 aromatic heterocycles. The van der Waals surface area contributed by atoms with Crippen LogP contribution in [0.3, 0.4) is 0 Å². The van der Waals surface area contributed by atoms with Gasteiger partial charge in [0.1, 0.15) is 5.82 Å². The number of aryl methyl sites for hydroxylation is 1. The second-order valence-corrected chi connectivity index (χ2v) is 7.77. The molecule has 134 valence electrons. The van der Waals surface area contributed by atoms with Crippen LogP contribution in [0, 0.1) is 0 Å². The van der Waals surface area contributed by atoms with Crippen molar-refractivity contribution in [3.63, 3.8) is 0 Å². The first kappa shape index (κ1) is 17.9. The Bertz CT molecular complexity index is 912. The molecule has 1 heterocycles. The largest absolute Gasteiger partial charge is 0.366 e. The molecule has 3 rings (SSSR count). The molecule has 0 saturated carbocycles. The third-order valence-corrected chi connectivity index (χ3v) is 5.14. The molecule has 6 heteroatoms. The molecule has 0 bridgehead atoms. The minimum atomic E-state index is -3.41. The molecule has 0 saturated heterocycles. The molecule has 26 heavy (non-hydrogen) atoms. The zero-order valence-corrected chi connectivity index (χ0v) is 15.1. The quantitative estimate of drug-likeness (QED) is 0.637. The van der Waals surface area contributed by atoms with Gasteiger partial charge in [-0.15, -0.1) is 0 Å². The fourth-order valence-corrected chi connectivity index (χ4v) is 3.56. The molecule has 2 aromatic carbocycles. The average molecular weight is 367 g/mol. The number of rotatable bonds is 8. The molecular weight excluding hydrogens is 346 g/mol. The topological polar surface area (TPSA) is 71.1 Å². The third kappa shape index (κ3) is 5.60. The van der Waals surface area contributed by atoms with Crippen molar-refractivity contribution in [3.05, 3.63) is 90.1 Å². The maximum absolute atomic E-state index is 12.2. The van der Waals surface area contributed by atoms with Gasteiger partial charge in [0.15, 0.2) is 0 Å². The predicted molar refractivity (Wildman–Crippen MR) is 106 cm³/mol. The normalized spacial score (nSPS) is 11.1. The lowest BCUT2D eigenvalue weighted by Gasteiger charge is -2.09. The molecule has 0 atom stereocenters. The molecule has 5 nitrogen and oxygen atoms in total. The van der Waals surface area contributed by atoms with Crippen molar-refractivity contribution >= 4 is 21.5 Å². The van der Waals surface area contributed by atoms with Gasteiger partial charge in [0.2, 0.25) is 10.0 Å². The van der Waals surface area contributed by atoms with Crippen LogP contribution in [0.15, 0.2) is 79.0 Å². The van der Waals surface area contributed by atoms with Gasteiger partial charge >= 0.3 is 0 Å². The van der Waals surface area contributed by atoms with E-state index in [1.165, 1.54) is 6.20 Å². The van der Waals surface area contributed by atoms with Crippen molar-refractivity contribution in [2.45, 2.75) is 13.0 Å². The Hall–Kier alpha value is -2.86. The molecule has 2 N–H and O–H groups in total. The lowest BCUT2D eigenvalue weighted by Crippen LogP contribution is -2.18. The second kappa shape index (κ2) is 8.49. The molecule has 0 spiro atoms. The Balaban J connectivity index is 1.53. The summed E-state index contributed by atoms with van der Waals surface area (Å²) in [6.45, 7) is 0.663. The average Bonchev–Trinajstić information content (AvgIpc) is 2.67. The summed E-state index contributed by atoms with van der Waals surface area (Å²) in [7, 11) is -3.41. The minimum Gasteiger partial charge on any atom is -0.366 e. The van der Waals surface area contributed by atoms with Crippen LogP contribution in [0.4, 0.5) is 11.5 Å². The summed E-state index contributed by atoms with van der Waals surface area (Å²) in [5, 5.41) is 3.21. The highest BCUT2D eigenvalue weighted by molar-refractivity contribution is 7.92. The monoisotopic (exact) mass is 367 g/mol. The van der Waals surface area contributed by atoms with Crippen molar-refractivity contribution in [3.8, 4) is 0 Å². The zero-order chi connectivity index (χ0) is 18.2. The summed E-state index contributed by atoms with van der Waals surface area (Å²) < 4.78 is 27.0. The van der Waals surface area contributed by atoms with E-state index in [4.69, 9.17) is 0 Å². The number of hydrogen-bond acceptors (Lipinski definition) is 4. The van der Waals surface area contributed by atoms with Crippen LogP contribution in [0.1, 0.15) is 11.1 Å². The fraction of sp³-hybridized carbons (Fsp3) is 0.150. The number of anilines is 2. The summed E-state index contributed by atoms with van der Waals surface area (Å²) >= 11 is 0. The van der Waals surface area contributed by atoms with Crippen molar-refractivity contribution in [2.75, 3.05) is 15.8 Å². The van der Waals surface area contributed by atoms with Gasteiger partial charge in [-0.25, -0.2) is 13.4 Å². The molecular formula is C20H21N3O2S. The van der Waals surface area contributed by atoms with Crippen LogP contribution >= 0.6 is 0 Å². The second-order valence-electron chi connectivity index (χ2n) is 5.93. The van der Waals surface area contributed by atoms with Gasteiger partial charge in [-0.3, -0.25) is 4.72 Å². The molecule has 0 aliphatic carbocycles. The maximum Gasteiger partial charge on any atom is 0.233 e. The minimum absolute atomic E-state index is 0.0328. The van der Waals surface area contributed by atoms with Crippen LogP contribution in [-0.2, 0) is 23.0 Å². The van der Waals surface area contributed by atoms with Gasteiger partial charge in [-0.2, -0.15) is 0 Å². The summed E-state index contributed by atoms with van der Waals surface area (Å²) in [5.41, 5.74) is 2.61. The van der Waals surface area contributed by atoms with Crippen LogP contribution < -0.4 is 10.0 Å². The number of aromatic nitrogens is 1. The Morgan fingerprint density at radius 3 is 2.08 bits per heavy atom. The third-order valence-electron chi connectivity index (χ3n) is 3.86. The van der Waals surface area contributed by atoms with Crippen LogP contribution in [0.2, 0.25) is 0 Å². The fourth-order valence-electron chi connectivity index (χ4n) is 2.47. The first-order chi connectivity index (χ1) is 12.6. The number of nitrogens with one attached hydrogen (secondary N) is 2. The predicted octanol–water partition coefficient (Wildman–Crippen LogP) is 3.68. The number of hydrogen-bond donors (Lipinski definition) is 2. The van der Waals surface area contributed by atoms with Crippen molar-refractivity contribution in [1.82, 2.24) is 4.98 Å². The summed E-state index contributed by atoms with van der Waals surface area (Å²) in [4.78, 5) is 4.26. The van der Waals surface area contributed by atoms with E-state index >= 15 is 0 Å². The van der Waals surface area contributed by atoms with Crippen molar-refractivity contribution < 1.29 is 8.42 Å². The van der Waals surface area contributed by atoms with Crippen LogP contribution in [0.5, 0.6) is 0 Å². The highest BCUT2D eigenvalue weighted by Crippen LogP contribution is 2.13. The molecule has 0 amide bonds. The molecule has 0 radical (unpaired) electrons. The van der Waals surface area contributed by atoms with Crippen molar-refractivity contribution in [2.24, 2.45) is 0 Å². The molecule has 0 aliphatic heterocycles. The SMILES string of the molecule is O=S(=O)(CCc1ccccc1)Nc1ccc(NCc2ccccc2)nc1. The summed E-state index contributed by atoms with van der Waals surface area (Å²) in [5.74, 6) is 0.728. The van der Waals surface area contributed by atoms with E-state index in [0.29, 0.717) is 24.5 Å². The molecule has 0 aliphatic rings. The van der Waals surface area contributed by atoms with Gasteiger partial charge in [0.05, 0.1) is 17.6 Å². The Morgan fingerprint density at radius 2 is 1.46 bits per heavy atom. The first-order valence-corrected chi connectivity index (χ1v) is 10.0. The summed E-state index contributed by atoms with van der Waals surface area (Å²) in [6.07, 6.45) is 1.99. The number of sulfonamides is 1. The van der Waals surface area contributed by atoms with Crippen LogP contribution in [-0.4, -0.2) is 19.2 Å². The lowest BCUT2D eigenvalue weighted by atomic mass is 10.2. The lowest BCUT2D eigenvalue weighted by molar-refractivity contribution is 0.600. The van der Waals surface area contributed by atoms with Gasteiger partial charge in [-0.05, 0) is 29.7 Å². The van der Waals surface area contributed by atoms with E-state index in [1.807, 2.05) is 60.7 Å². The highest BCUT2D eigenvalue weighted by Gasteiger charge is 2.11. The number of benzene rings is 2. The van der Waals surface area contributed by atoms with Gasteiger partial charge < -0.3 is 5.32 Å². The van der Waals surface area contributed by atoms with E-state index in [9.17, 15) is 8.42 Å². The van der Waals surface area contributed by atoms with Crippen LogP contribution in [0.25, 0.3) is 0 Å². The maximum atomic E-state index is 12.2. The number of nitrogens with zero attached hydrogens (tertiary/aromatic N) is 1. The molecule has 0 unspecified atom stereocenters. The van der Waals surface area contributed by atoms with Gasteiger partial charge in [0, 0.05) is 6.54 Å².